The Morgan fingerprint density at radius 2 is 2.00 bits per heavy atom. The van der Waals surface area contributed by atoms with Gasteiger partial charge in [0.1, 0.15) is 0 Å². The molecule has 1 fully saturated rings. The SMILES string of the molecule is COCCN(C)CC1CCC(N)C(C)C1(C)C. The van der Waals surface area contributed by atoms with E-state index in [2.05, 4.69) is 32.7 Å². The van der Waals surface area contributed by atoms with Crippen LogP contribution < -0.4 is 5.73 Å². The molecule has 0 saturated heterocycles. The van der Waals surface area contributed by atoms with Crippen LogP contribution >= 0.6 is 0 Å². The predicted octanol–water partition coefficient (Wildman–Crippen LogP) is 1.96. The first kappa shape index (κ1) is 14.9. The minimum absolute atomic E-state index is 0.346. The monoisotopic (exact) mass is 242 g/mol. The molecule has 0 bridgehead atoms. The van der Waals surface area contributed by atoms with Gasteiger partial charge >= 0.3 is 0 Å². The summed E-state index contributed by atoms with van der Waals surface area (Å²) in [6, 6.07) is 0.380. The summed E-state index contributed by atoms with van der Waals surface area (Å²) in [6.07, 6.45) is 2.43. The second kappa shape index (κ2) is 6.17. The van der Waals surface area contributed by atoms with Crippen LogP contribution in [0.2, 0.25) is 0 Å². The van der Waals surface area contributed by atoms with Gasteiger partial charge in [-0.25, -0.2) is 0 Å². The van der Waals surface area contributed by atoms with Crippen LogP contribution in [0.25, 0.3) is 0 Å². The van der Waals surface area contributed by atoms with Crippen LogP contribution in [0.5, 0.6) is 0 Å². The van der Waals surface area contributed by atoms with Gasteiger partial charge in [0, 0.05) is 26.2 Å². The van der Waals surface area contributed by atoms with Crippen LogP contribution in [0.1, 0.15) is 33.6 Å². The van der Waals surface area contributed by atoms with Gasteiger partial charge in [0.05, 0.1) is 6.61 Å². The number of rotatable bonds is 5. The van der Waals surface area contributed by atoms with Crippen LogP contribution in [0.15, 0.2) is 0 Å². The van der Waals surface area contributed by atoms with E-state index in [9.17, 15) is 0 Å². The van der Waals surface area contributed by atoms with Crippen molar-refractivity contribution in [2.75, 3.05) is 33.9 Å². The molecule has 3 atom stereocenters. The third kappa shape index (κ3) is 3.67. The third-order valence-electron chi connectivity index (χ3n) is 4.93. The van der Waals surface area contributed by atoms with Gasteiger partial charge in [-0.1, -0.05) is 20.8 Å². The lowest BCUT2D eigenvalue weighted by Crippen LogP contribution is -2.49. The van der Waals surface area contributed by atoms with Gasteiger partial charge in [0.25, 0.3) is 0 Å². The smallest absolute Gasteiger partial charge is 0.0589 e. The second-order valence-electron chi connectivity index (χ2n) is 6.30. The summed E-state index contributed by atoms with van der Waals surface area (Å²) in [4.78, 5) is 2.39. The Morgan fingerprint density at radius 3 is 2.59 bits per heavy atom. The number of hydrogen-bond donors (Lipinski definition) is 1. The molecule has 3 heteroatoms. The molecule has 3 nitrogen and oxygen atoms in total. The molecule has 0 aromatic carbocycles. The first-order chi connectivity index (χ1) is 7.89. The van der Waals surface area contributed by atoms with E-state index < -0.39 is 0 Å². The lowest BCUT2D eigenvalue weighted by atomic mass is 9.61. The highest BCUT2D eigenvalue weighted by Crippen LogP contribution is 2.44. The molecule has 0 aromatic heterocycles. The summed E-state index contributed by atoms with van der Waals surface area (Å²) < 4.78 is 5.13. The average Bonchev–Trinajstić information content (AvgIpc) is 2.28. The maximum atomic E-state index is 6.19. The lowest BCUT2D eigenvalue weighted by molar-refractivity contribution is 0.0293. The van der Waals surface area contributed by atoms with Gasteiger partial charge in [0.15, 0.2) is 0 Å². The molecule has 0 amide bonds. The molecule has 17 heavy (non-hydrogen) atoms. The van der Waals surface area contributed by atoms with E-state index in [4.69, 9.17) is 10.5 Å². The average molecular weight is 242 g/mol. The Labute approximate surface area is 107 Å². The molecule has 0 spiro atoms. The Hall–Kier alpha value is -0.120. The molecule has 2 N–H and O–H groups in total. The molecule has 1 rings (SSSR count). The van der Waals surface area contributed by atoms with Crippen LogP contribution in [0.4, 0.5) is 0 Å². The van der Waals surface area contributed by atoms with E-state index >= 15 is 0 Å². The molecule has 0 aliphatic heterocycles. The van der Waals surface area contributed by atoms with E-state index in [1.807, 2.05) is 0 Å². The highest BCUT2D eigenvalue weighted by Gasteiger charge is 2.41. The van der Waals surface area contributed by atoms with Gasteiger partial charge in [0.2, 0.25) is 0 Å². The van der Waals surface area contributed by atoms with Crippen molar-refractivity contribution in [2.45, 2.75) is 39.7 Å². The van der Waals surface area contributed by atoms with E-state index in [1.54, 1.807) is 7.11 Å². The minimum atomic E-state index is 0.346. The molecular formula is C14H30N2O. The summed E-state index contributed by atoms with van der Waals surface area (Å²) >= 11 is 0. The van der Waals surface area contributed by atoms with Crippen molar-refractivity contribution in [3.63, 3.8) is 0 Å². The van der Waals surface area contributed by atoms with Crippen molar-refractivity contribution >= 4 is 0 Å². The Morgan fingerprint density at radius 1 is 1.35 bits per heavy atom. The summed E-state index contributed by atoms with van der Waals surface area (Å²) in [5.41, 5.74) is 6.54. The predicted molar refractivity (Wildman–Crippen MR) is 73.0 cm³/mol. The Kier molecular flexibility index (Phi) is 5.42. The minimum Gasteiger partial charge on any atom is -0.383 e. The number of methoxy groups -OCH3 is 1. The number of nitrogens with zero attached hydrogens (tertiary/aromatic N) is 1. The normalized spacial score (nSPS) is 33.0. The standard InChI is InChI=1S/C14H30N2O/c1-11-13(15)7-6-12(14(11,2)3)10-16(4)8-9-17-5/h11-13H,6-10,15H2,1-5H3. The highest BCUT2D eigenvalue weighted by molar-refractivity contribution is 4.94. The number of nitrogens with two attached hydrogens (primary N) is 1. The second-order valence-corrected chi connectivity index (χ2v) is 6.30. The molecule has 0 aromatic rings. The van der Waals surface area contributed by atoms with E-state index in [0.717, 1.165) is 25.6 Å². The number of likely N-dealkylation sites (N-methyl/N-ethyl adjacent to an activating group) is 1. The van der Waals surface area contributed by atoms with E-state index in [0.29, 0.717) is 17.4 Å². The summed E-state index contributed by atoms with van der Waals surface area (Å²) in [7, 11) is 3.95. The largest absolute Gasteiger partial charge is 0.383 e. The molecule has 102 valence electrons. The molecule has 0 heterocycles. The van der Waals surface area contributed by atoms with Crippen LogP contribution in [0.3, 0.4) is 0 Å². The van der Waals surface area contributed by atoms with Crippen molar-refractivity contribution < 1.29 is 4.74 Å². The van der Waals surface area contributed by atoms with Gasteiger partial charge in [-0.2, -0.15) is 0 Å². The maximum Gasteiger partial charge on any atom is 0.0589 e. The van der Waals surface area contributed by atoms with Gasteiger partial charge < -0.3 is 15.4 Å². The molecule has 1 aliphatic rings. The van der Waals surface area contributed by atoms with Crippen LogP contribution in [-0.2, 0) is 4.74 Å². The third-order valence-corrected chi connectivity index (χ3v) is 4.93. The van der Waals surface area contributed by atoms with E-state index in [1.165, 1.54) is 12.8 Å². The van der Waals surface area contributed by atoms with Crippen LogP contribution in [-0.4, -0.2) is 44.8 Å². The van der Waals surface area contributed by atoms with Crippen molar-refractivity contribution in [1.82, 2.24) is 4.90 Å². The summed E-state index contributed by atoms with van der Waals surface area (Å²) in [5.74, 6) is 1.36. The first-order valence-electron chi connectivity index (χ1n) is 6.82. The first-order valence-corrected chi connectivity index (χ1v) is 6.82. The molecule has 1 saturated carbocycles. The van der Waals surface area contributed by atoms with Crippen molar-refractivity contribution in [3.05, 3.63) is 0 Å². The van der Waals surface area contributed by atoms with Crippen LogP contribution in [0, 0.1) is 17.3 Å². The number of hydrogen-bond acceptors (Lipinski definition) is 3. The Bertz CT molecular complexity index is 230. The molecule has 1 aliphatic carbocycles. The highest BCUT2D eigenvalue weighted by atomic mass is 16.5. The van der Waals surface area contributed by atoms with Crippen molar-refractivity contribution in [1.29, 1.82) is 0 Å². The number of ether oxygens (including phenoxy) is 1. The van der Waals surface area contributed by atoms with Gasteiger partial charge in [-0.15, -0.1) is 0 Å². The zero-order chi connectivity index (χ0) is 13.1. The molecular weight excluding hydrogens is 212 g/mol. The quantitative estimate of drug-likeness (QED) is 0.801. The zero-order valence-electron chi connectivity index (χ0n) is 12.2. The fourth-order valence-corrected chi connectivity index (χ4v) is 2.98. The maximum absolute atomic E-state index is 6.19. The molecule has 0 radical (unpaired) electrons. The van der Waals surface area contributed by atoms with Crippen molar-refractivity contribution in [2.24, 2.45) is 23.0 Å². The fourth-order valence-electron chi connectivity index (χ4n) is 2.98. The van der Waals surface area contributed by atoms with Crippen molar-refractivity contribution in [3.8, 4) is 0 Å². The summed E-state index contributed by atoms with van der Waals surface area (Å²) in [6.45, 7) is 10.1. The lowest BCUT2D eigenvalue weighted by Gasteiger charge is -2.48. The fraction of sp³-hybridized carbons (Fsp3) is 1.00. The van der Waals surface area contributed by atoms with Gasteiger partial charge in [-0.05, 0) is 37.1 Å². The zero-order valence-corrected chi connectivity index (χ0v) is 12.2. The van der Waals surface area contributed by atoms with E-state index in [-0.39, 0.29) is 0 Å². The topological polar surface area (TPSA) is 38.5 Å². The van der Waals surface area contributed by atoms with Gasteiger partial charge in [-0.3, -0.25) is 0 Å². The Balaban J connectivity index is 2.52. The molecule has 3 unspecified atom stereocenters. The summed E-state index contributed by atoms with van der Waals surface area (Å²) in [5, 5.41) is 0.